The molecule has 0 aromatic heterocycles. The molecule has 2 N–H and O–H groups in total. The van der Waals surface area contributed by atoms with E-state index in [1.807, 2.05) is 12.1 Å². The zero-order chi connectivity index (χ0) is 9.10. The molecule has 0 radical (unpaired) electrons. The Hall–Kier alpha value is -0.369. The van der Waals surface area contributed by atoms with Crippen LogP contribution in [0.1, 0.15) is 0 Å². The average Bonchev–Trinajstić information content (AvgIpc) is 2.20. The Kier molecular flexibility index (Phi) is 2.99. The van der Waals surface area contributed by atoms with Gasteiger partial charge in [-0.25, -0.2) is 0 Å². The molecule has 13 heavy (non-hydrogen) atoms. The third kappa shape index (κ3) is 2.31. The van der Waals surface area contributed by atoms with Gasteiger partial charge in [-0.1, -0.05) is 17.3 Å². The van der Waals surface area contributed by atoms with Gasteiger partial charge in [-0.3, -0.25) is 0 Å². The minimum Gasteiger partial charge on any atom is -0.428 e. The maximum Gasteiger partial charge on any atom is 0.141 e. The molecule has 1 aliphatic heterocycles. The molecule has 0 spiro atoms. The van der Waals surface area contributed by atoms with Crippen LogP contribution in [0.25, 0.3) is 0 Å². The Morgan fingerprint density at radius 2 is 2.08 bits per heavy atom. The number of hydrogen-bond donors (Lipinski definition) is 1. The molecule has 1 fully saturated rings. The van der Waals surface area contributed by atoms with E-state index < -0.39 is 8.31 Å². The molecule has 0 amide bonds. The maximum absolute atomic E-state index is 5.67. The Morgan fingerprint density at radius 1 is 1.31 bits per heavy atom. The minimum absolute atomic E-state index is 0.0231. The first-order valence-corrected chi connectivity index (χ1v) is 14.0. The van der Waals surface area contributed by atoms with Gasteiger partial charge in [-0.15, -0.1) is 0 Å². The van der Waals surface area contributed by atoms with Crippen LogP contribution >= 0.6 is 0 Å². The van der Waals surface area contributed by atoms with Gasteiger partial charge in [0.2, 0.25) is 0 Å². The highest BCUT2D eigenvalue weighted by Gasteiger charge is 2.17. The fraction of sp³-hybridized carbons (Fsp3) is 0.250. The van der Waals surface area contributed by atoms with Crippen molar-refractivity contribution in [2.45, 2.75) is 6.04 Å². The summed E-state index contributed by atoms with van der Waals surface area (Å²) in [4.78, 5) is 0. The molecule has 1 aromatic rings. The summed E-state index contributed by atoms with van der Waals surface area (Å²) in [5, 5.41) is 1.64. The van der Waals surface area contributed by atoms with Crippen molar-refractivity contribution in [2.75, 3.05) is 12.3 Å². The van der Waals surface area contributed by atoms with Crippen molar-refractivity contribution in [2.24, 2.45) is 0 Å². The molecule has 0 aliphatic carbocycles. The molecule has 1 aliphatic rings. The average molecular weight is 225 g/mol. The van der Waals surface area contributed by atoms with Gasteiger partial charge in [0.05, 0.1) is 8.31 Å². The lowest BCUT2D eigenvalue weighted by Gasteiger charge is -2.20. The van der Waals surface area contributed by atoms with E-state index in [0.29, 0.717) is 0 Å². The summed E-state index contributed by atoms with van der Waals surface area (Å²) in [5.41, 5.74) is 6.56. The number of nitrogens with two attached hydrogens (primary N) is 1. The zero-order valence-corrected chi connectivity index (χ0v) is 11.7. The second-order valence-corrected chi connectivity index (χ2v) is 18.7. The highest BCUT2D eigenvalue weighted by atomic mass is 29.5. The fourth-order valence-electron chi connectivity index (χ4n) is 1.80. The van der Waals surface area contributed by atoms with Gasteiger partial charge >= 0.3 is 0 Å². The minimum atomic E-state index is -0.485. The molecule has 70 valence electrons. The normalized spacial score (nSPS) is 26.6. The van der Waals surface area contributed by atoms with Crippen molar-refractivity contribution in [1.82, 2.24) is 0 Å². The summed E-state index contributed by atoms with van der Waals surface area (Å²) < 4.78 is 5.56. The van der Waals surface area contributed by atoms with E-state index >= 15 is 0 Å². The van der Waals surface area contributed by atoms with E-state index in [1.165, 1.54) is 6.04 Å². The van der Waals surface area contributed by atoms with Gasteiger partial charge in [-0.05, 0) is 18.2 Å². The summed E-state index contributed by atoms with van der Waals surface area (Å²) in [6.45, 7) is 1.06. The van der Waals surface area contributed by atoms with Crippen LogP contribution in [0.15, 0.2) is 24.3 Å². The van der Waals surface area contributed by atoms with Crippen molar-refractivity contribution in [3.8, 4) is 0 Å². The number of anilines is 1. The Balaban J connectivity index is 2.10. The highest BCUT2D eigenvalue weighted by Crippen LogP contribution is 2.02. The van der Waals surface area contributed by atoms with Crippen LogP contribution < -0.4 is 10.9 Å². The van der Waals surface area contributed by atoms with E-state index in [2.05, 4.69) is 12.1 Å². The topological polar surface area (TPSA) is 35.2 Å². The van der Waals surface area contributed by atoms with Crippen molar-refractivity contribution in [3.05, 3.63) is 24.3 Å². The Bertz CT molecular complexity index is 271. The standard InChI is InChI=1S/C8H15NOSi3/c9-7-1-3-8(4-2-7)13-6-5-10-11-12-13/h1-4,13H,5-6,9,11-12H2. The number of rotatable bonds is 1. The van der Waals surface area contributed by atoms with Gasteiger partial charge < -0.3 is 10.2 Å². The molecule has 5 heteroatoms. The maximum atomic E-state index is 5.67. The van der Waals surface area contributed by atoms with Crippen molar-refractivity contribution < 1.29 is 4.43 Å². The number of hydrogen-bond acceptors (Lipinski definition) is 2. The smallest absolute Gasteiger partial charge is 0.141 e. The molecule has 0 saturated carbocycles. The lowest BCUT2D eigenvalue weighted by atomic mass is 10.3. The zero-order valence-electron chi connectivity index (χ0n) is 7.70. The summed E-state index contributed by atoms with van der Waals surface area (Å²) in [6, 6.07) is 9.97. The van der Waals surface area contributed by atoms with Crippen LogP contribution in [0.5, 0.6) is 0 Å². The molecule has 0 bridgehead atoms. The Morgan fingerprint density at radius 3 is 2.69 bits per heavy atom. The van der Waals surface area contributed by atoms with E-state index in [1.54, 1.807) is 5.19 Å². The van der Waals surface area contributed by atoms with Crippen molar-refractivity contribution in [3.63, 3.8) is 0 Å². The second-order valence-electron chi connectivity index (χ2n) is 3.55. The first kappa shape index (κ1) is 9.20. The van der Waals surface area contributed by atoms with Crippen LogP contribution in [0.2, 0.25) is 6.04 Å². The predicted octanol–water partition coefficient (Wildman–Crippen LogP) is -1.60. The van der Waals surface area contributed by atoms with Crippen LogP contribution in [0, 0.1) is 0 Å². The molecule has 1 heterocycles. The van der Waals surface area contributed by atoms with E-state index in [-0.39, 0.29) is 17.8 Å². The number of benzene rings is 1. The summed E-state index contributed by atoms with van der Waals surface area (Å²) in [6.07, 6.45) is 0. The number of nitrogen functional groups attached to an aromatic ring is 1. The molecular formula is C8H15NOSi3. The van der Waals surface area contributed by atoms with Crippen molar-refractivity contribution >= 4 is 37.0 Å². The van der Waals surface area contributed by atoms with Gasteiger partial charge in [0.25, 0.3) is 0 Å². The van der Waals surface area contributed by atoms with Crippen LogP contribution in [0.3, 0.4) is 0 Å². The van der Waals surface area contributed by atoms with E-state index in [4.69, 9.17) is 10.2 Å². The van der Waals surface area contributed by atoms with Gasteiger partial charge in [0.15, 0.2) is 0 Å². The van der Waals surface area contributed by atoms with Gasteiger partial charge in [-0.2, -0.15) is 0 Å². The fourth-order valence-corrected chi connectivity index (χ4v) is 19.9. The molecule has 1 saturated heterocycles. The van der Waals surface area contributed by atoms with E-state index in [0.717, 1.165) is 12.3 Å². The summed E-state index contributed by atoms with van der Waals surface area (Å²) in [5.74, 6) is 0. The monoisotopic (exact) mass is 225 g/mol. The largest absolute Gasteiger partial charge is 0.428 e. The lowest BCUT2D eigenvalue weighted by molar-refractivity contribution is 0.367. The molecular weight excluding hydrogens is 210 g/mol. The molecule has 1 atom stereocenters. The summed E-state index contributed by atoms with van der Waals surface area (Å²) >= 11 is 0. The molecule has 2 nitrogen and oxygen atoms in total. The lowest BCUT2D eigenvalue weighted by Crippen LogP contribution is -2.44. The van der Waals surface area contributed by atoms with Crippen molar-refractivity contribution in [1.29, 1.82) is 0 Å². The van der Waals surface area contributed by atoms with Crippen LogP contribution in [0.4, 0.5) is 5.69 Å². The quantitative estimate of drug-likeness (QED) is 0.461. The highest BCUT2D eigenvalue weighted by molar-refractivity contribution is 7.38. The first-order valence-electron chi connectivity index (χ1n) is 4.79. The molecule has 1 unspecified atom stereocenters. The van der Waals surface area contributed by atoms with Gasteiger partial charge in [0, 0.05) is 20.8 Å². The first-order chi connectivity index (χ1) is 6.36. The third-order valence-corrected chi connectivity index (χ3v) is 21.1. The summed E-state index contributed by atoms with van der Waals surface area (Å²) in [7, 11) is -0.281. The third-order valence-electron chi connectivity index (χ3n) is 2.63. The van der Waals surface area contributed by atoms with Crippen LogP contribution in [-0.4, -0.2) is 32.8 Å². The molecule has 1 aromatic carbocycles. The van der Waals surface area contributed by atoms with Gasteiger partial charge in [0.1, 0.15) is 9.28 Å². The predicted molar refractivity (Wildman–Crippen MR) is 65.5 cm³/mol. The SMILES string of the molecule is Nc1ccc([SiH]2CCO[SiH2][SiH2]2)cc1. The van der Waals surface area contributed by atoms with E-state index in [9.17, 15) is 0 Å². The van der Waals surface area contributed by atoms with Crippen LogP contribution in [-0.2, 0) is 4.43 Å². The molecule has 2 rings (SSSR count). The second kappa shape index (κ2) is 4.23. The Labute approximate surface area is 84.4 Å².